The standard InChI is InChI=1S/C19H26N4O3.HI/c1-23(2)18(24)14-22-19(21-13-17-5-4-12-26-17)20-11-10-15-6-8-16(25-3)9-7-15;/h4-9,12H,10-11,13-14H2,1-3H3,(H2,20,21,22);1H. The van der Waals surface area contributed by atoms with Crippen LogP contribution in [0.5, 0.6) is 5.75 Å². The molecule has 0 bridgehead atoms. The smallest absolute Gasteiger partial charge is 0.243 e. The highest BCUT2D eigenvalue weighted by Gasteiger charge is 2.05. The van der Waals surface area contributed by atoms with E-state index in [0.717, 1.165) is 17.9 Å². The van der Waals surface area contributed by atoms with Crippen LogP contribution in [-0.2, 0) is 17.8 Å². The summed E-state index contributed by atoms with van der Waals surface area (Å²) < 4.78 is 10.5. The summed E-state index contributed by atoms with van der Waals surface area (Å²) in [6.07, 6.45) is 2.45. The number of hydrogen-bond donors (Lipinski definition) is 2. The molecule has 1 heterocycles. The summed E-state index contributed by atoms with van der Waals surface area (Å²) in [5, 5.41) is 6.42. The number of nitrogens with one attached hydrogen (secondary N) is 2. The van der Waals surface area contributed by atoms with Gasteiger partial charge in [-0.3, -0.25) is 4.79 Å². The number of carbonyl (C=O) groups is 1. The molecular formula is C19H27IN4O3. The van der Waals surface area contributed by atoms with E-state index >= 15 is 0 Å². The molecule has 27 heavy (non-hydrogen) atoms. The Hall–Kier alpha value is -2.23. The zero-order valence-corrected chi connectivity index (χ0v) is 18.2. The van der Waals surface area contributed by atoms with Gasteiger partial charge in [0.25, 0.3) is 0 Å². The molecule has 0 spiro atoms. The second-order valence-electron chi connectivity index (χ2n) is 5.91. The van der Waals surface area contributed by atoms with E-state index in [1.54, 1.807) is 27.5 Å². The van der Waals surface area contributed by atoms with Gasteiger partial charge in [0.05, 0.1) is 19.9 Å². The molecule has 2 rings (SSSR count). The molecule has 1 aromatic heterocycles. The van der Waals surface area contributed by atoms with Gasteiger partial charge in [0.2, 0.25) is 5.91 Å². The molecule has 0 saturated heterocycles. The Morgan fingerprint density at radius 2 is 1.93 bits per heavy atom. The van der Waals surface area contributed by atoms with Crippen molar-refractivity contribution in [1.82, 2.24) is 15.5 Å². The topological polar surface area (TPSA) is 79.1 Å². The molecule has 0 aliphatic carbocycles. The molecule has 0 aliphatic heterocycles. The van der Waals surface area contributed by atoms with Gasteiger partial charge in [0.15, 0.2) is 5.96 Å². The Balaban J connectivity index is 0.00000364. The highest BCUT2D eigenvalue weighted by atomic mass is 127. The Bertz CT molecular complexity index is 700. The van der Waals surface area contributed by atoms with Crippen molar-refractivity contribution in [2.45, 2.75) is 13.0 Å². The van der Waals surface area contributed by atoms with Gasteiger partial charge in [-0.05, 0) is 36.2 Å². The van der Waals surface area contributed by atoms with Crippen LogP contribution >= 0.6 is 24.0 Å². The number of amides is 1. The van der Waals surface area contributed by atoms with E-state index in [2.05, 4.69) is 15.6 Å². The molecule has 2 aromatic rings. The maximum atomic E-state index is 11.8. The van der Waals surface area contributed by atoms with Gasteiger partial charge >= 0.3 is 0 Å². The van der Waals surface area contributed by atoms with Gasteiger partial charge < -0.3 is 24.7 Å². The van der Waals surface area contributed by atoms with Gasteiger partial charge in [-0.1, -0.05) is 12.1 Å². The normalized spacial score (nSPS) is 10.7. The van der Waals surface area contributed by atoms with Gasteiger partial charge in [0, 0.05) is 20.6 Å². The number of carbonyl (C=O) groups excluding carboxylic acids is 1. The Morgan fingerprint density at radius 1 is 1.19 bits per heavy atom. The maximum Gasteiger partial charge on any atom is 0.243 e. The molecule has 0 fully saturated rings. The number of aliphatic imine (C=N–C) groups is 1. The summed E-state index contributed by atoms with van der Waals surface area (Å²) in [6, 6.07) is 11.7. The van der Waals surface area contributed by atoms with Crippen molar-refractivity contribution in [2.24, 2.45) is 4.99 Å². The zero-order chi connectivity index (χ0) is 18.8. The average Bonchev–Trinajstić information content (AvgIpc) is 3.17. The summed E-state index contributed by atoms with van der Waals surface area (Å²) in [6.45, 7) is 1.27. The molecule has 0 radical (unpaired) electrons. The van der Waals surface area contributed by atoms with Crippen molar-refractivity contribution < 1.29 is 13.9 Å². The van der Waals surface area contributed by atoms with E-state index in [0.29, 0.717) is 19.0 Å². The van der Waals surface area contributed by atoms with E-state index in [4.69, 9.17) is 9.15 Å². The van der Waals surface area contributed by atoms with Crippen LogP contribution in [0, 0.1) is 0 Å². The van der Waals surface area contributed by atoms with Crippen molar-refractivity contribution in [3.8, 4) is 5.75 Å². The molecule has 0 saturated carbocycles. The quantitative estimate of drug-likeness (QED) is 0.340. The van der Waals surface area contributed by atoms with Crippen LogP contribution in [-0.4, -0.2) is 51.1 Å². The molecule has 148 valence electrons. The minimum atomic E-state index is -0.0562. The predicted octanol–water partition coefficient (Wildman–Crippen LogP) is 2.27. The number of methoxy groups -OCH3 is 1. The van der Waals surface area contributed by atoms with Crippen LogP contribution in [0.2, 0.25) is 0 Å². The number of halogens is 1. The average molecular weight is 486 g/mol. The van der Waals surface area contributed by atoms with E-state index < -0.39 is 0 Å². The molecule has 8 heteroatoms. The van der Waals surface area contributed by atoms with Crippen molar-refractivity contribution >= 4 is 35.8 Å². The molecule has 2 N–H and O–H groups in total. The van der Waals surface area contributed by atoms with E-state index in [-0.39, 0.29) is 36.4 Å². The van der Waals surface area contributed by atoms with E-state index in [9.17, 15) is 4.79 Å². The van der Waals surface area contributed by atoms with Crippen LogP contribution in [0.25, 0.3) is 0 Å². The van der Waals surface area contributed by atoms with Crippen LogP contribution in [0.3, 0.4) is 0 Å². The van der Waals surface area contributed by atoms with Gasteiger partial charge in [-0.2, -0.15) is 0 Å². The summed E-state index contributed by atoms with van der Waals surface area (Å²) >= 11 is 0. The van der Waals surface area contributed by atoms with Gasteiger partial charge in [0.1, 0.15) is 18.1 Å². The second kappa shape index (κ2) is 12.2. The van der Waals surface area contributed by atoms with Crippen molar-refractivity contribution in [1.29, 1.82) is 0 Å². The highest BCUT2D eigenvalue weighted by Crippen LogP contribution is 2.11. The van der Waals surface area contributed by atoms with Crippen LogP contribution in [0.1, 0.15) is 11.3 Å². The molecule has 0 aliphatic rings. The third-order valence-corrected chi connectivity index (χ3v) is 3.75. The van der Waals surface area contributed by atoms with Crippen LogP contribution in [0.4, 0.5) is 0 Å². The number of hydrogen-bond acceptors (Lipinski definition) is 4. The third kappa shape index (κ3) is 8.33. The minimum Gasteiger partial charge on any atom is -0.497 e. The zero-order valence-electron chi connectivity index (χ0n) is 15.9. The fourth-order valence-corrected chi connectivity index (χ4v) is 2.16. The fraction of sp³-hybridized carbons (Fsp3) is 0.368. The monoisotopic (exact) mass is 486 g/mol. The van der Waals surface area contributed by atoms with Crippen LogP contribution < -0.4 is 15.4 Å². The molecule has 1 amide bonds. The largest absolute Gasteiger partial charge is 0.497 e. The number of likely N-dealkylation sites (N-methyl/N-ethyl adjacent to an activating group) is 1. The van der Waals surface area contributed by atoms with E-state index in [1.807, 2.05) is 36.4 Å². The van der Waals surface area contributed by atoms with E-state index in [1.165, 1.54) is 10.5 Å². The first-order valence-corrected chi connectivity index (χ1v) is 8.46. The fourth-order valence-electron chi connectivity index (χ4n) is 2.16. The Morgan fingerprint density at radius 3 is 2.52 bits per heavy atom. The lowest BCUT2D eigenvalue weighted by Crippen LogP contribution is -2.39. The first-order valence-electron chi connectivity index (χ1n) is 8.46. The lowest BCUT2D eigenvalue weighted by Gasteiger charge is -2.13. The molecular weight excluding hydrogens is 459 g/mol. The Kier molecular flexibility index (Phi) is 10.3. The minimum absolute atomic E-state index is 0. The SMILES string of the molecule is COc1ccc(CCNC(=NCC(=O)N(C)C)NCc2ccco2)cc1.I. The van der Waals surface area contributed by atoms with Crippen molar-refractivity contribution in [2.75, 3.05) is 34.3 Å². The number of nitrogens with zero attached hydrogens (tertiary/aromatic N) is 2. The van der Waals surface area contributed by atoms with Gasteiger partial charge in [-0.15, -0.1) is 24.0 Å². The molecule has 0 unspecified atom stereocenters. The van der Waals surface area contributed by atoms with Crippen molar-refractivity contribution in [3.63, 3.8) is 0 Å². The number of ether oxygens (including phenoxy) is 1. The highest BCUT2D eigenvalue weighted by molar-refractivity contribution is 14.0. The lowest BCUT2D eigenvalue weighted by molar-refractivity contribution is -0.127. The van der Waals surface area contributed by atoms with Crippen LogP contribution in [0.15, 0.2) is 52.1 Å². The number of rotatable bonds is 8. The lowest BCUT2D eigenvalue weighted by atomic mass is 10.1. The third-order valence-electron chi connectivity index (χ3n) is 3.75. The predicted molar refractivity (Wildman–Crippen MR) is 117 cm³/mol. The molecule has 7 nitrogen and oxygen atoms in total. The molecule has 1 aromatic carbocycles. The summed E-state index contributed by atoms with van der Waals surface area (Å²) in [5.74, 6) is 2.16. The summed E-state index contributed by atoms with van der Waals surface area (Å²) in [5.41, 5.74) is 1.19. The summed E-state index contributed by atoms with van der Waals surface area (Å²) in [7, 11) is 5.08. The van der Waals surface area contributed by atoms with Gasteiger partial charge in [-0.25, -0.2) is 4.99 Å². The Labute approximate surface area is 177 Å². The first-order chi connectivity index (χ1) is 12.6. The number of guanidine groups is 1. The number of furan rings is 1. The first kappa shape index (κ1) is 22.8. The molecule has 0 atom stereocenters. The summed E-state index contributed by atoms with van der Waals surface area (Å²) in [4.78, 5) is 17.6. The van der Waals surface area contributed by atoms with Crippen molar-refractivity contribution in [3.05, 3.63) is 54.0 Å². The maximum absolute atomic E-state index is 11.8. The second-order valence-corrected chi connectivity index (χ2v) is 5.91. The number of benzene rings is 1.